The fourth-order valence-corrected chi connectivity index (χ4v) is 3.51. The number of hydrogen-bond acceptors (Lipinski definition) is 3. The van der Waals surface area contributed by atoms with Crippen LogP contribution in [0.2, 0.25) is 5.02 Å². The van der Waals surface area contributed by atoms with Crippen LogP contribution in [0.25, 0.3) is 0 Å². The summed E-state index contributed by atoms with van der Waals surface area (Å²) in [6, 6.07) is 13.5. The van der Waals surface area contributed by atoms with E-state index in [4.69, 9.17) is 16.3 Å². The van der Waals surface area contributed by atoms with Crippen molar-refractivity contribution in [3.63, 3.8) is 0 Å². The summed E-state index contributed by atoms with van der Waals surface area (Å²) in [5.41, 5.74) is 1.50. The summed E-state index contributed by atoms with van der Waals surface area (Å²) in [6.45, 7) is 0.0514. The average Bonchev–Trinajstić information content (AvgIpc) is 2.66. The SMILES string of the molecule is COc1cccc(C(NC(=O)N2C[C@@H](O)C[C@H](F)C2)c2ccccc2Cl)c1. The van der Waals surface area contributed by atoms with Crippen LogP contribution in [0, 0.1) is 0 Å². The number of carbonyl (C=O) groups excluding carboxylic acids is 1. The minimum absolute atomic E-state index is 0.0454. The number of hydrogen-bond donors (Lipinski definition) is 2. The molecule has 0 radical (unpaired) electrons. The number of amides is 2. The second-order valence-electron chi connectivity index (χ2n) is 6.57. The maximum atomic E-state index is 13.8. The van der Waals surface area contributed by atoms with E-state index in [-0.39, 0.29) is 19.5 Å². The molecule has 0 aliphatic carbocycles. The first-order chi connectivity index (χ1) is 13.0. The number of ether oxygens (including phenoxy) is 1. The molecule has 2 aromatic rings. The van der Waals surface area contributed by atoms with E-state index in [1.54, 1.807) is 13.2 Å². The lowest BCUT2D eigenvalue weighted by Crippen LogP contribution is -2.51. The van der Waals surface area contributed by atoms with Crippen LogP contribution in [0.5, 0.6) is 5.75 Å². The standard InChI is InChI=1S/C20H22ClFN2O3/c1-27-16-6-4-5-13(9-16)19(17-7-2-3-8-18(17)21)23-20(26)24-11-14(22)10-15(25)12-24/h2-9,14-15,19,25H,10-12H2,1H3,(H,23,26)/t14-,15-,19?/m0/s1. The Morgan fingerprint density at radius 2 is 2.07 bits per heavy atom. The topological polar surface area (TPSA) is 61.8 Å². The van der Waals surface area contributed by atoms with Crippen LogP contribution < -0.4 is 10.1 Å². The number of nitrogens with one attached hydrogen (secondary N) is 1. The first-order valence-corrected chi connectivity index (χ1v) is 9.11. The molecule has 3 rings (SSSR count). The molecular weight excluding hydrogens is 371 g/mol. The normalized spacial score (nSPS) is 20.8. The molecular formula is C20H22ClFN2O3. The lowest BCUT2D eigenvalue weighted by molar-refractivity contribution is 0.0415. The lowest BCUT2D eigenvalue weighted by atomic mass is 9.98. The number of alkyl halides is 1. The van der Waals surface area contributed by atoms with Crippen LogP contribution in [0.4, 0.5) is 9.18 Å². The quantitative estimate of drug-likeness (QED) is 0.836. The number of piperidine rings is 1. The molecule has 0 bridgehead atoms. The molecule has 1 saturated heterocycles. The van der Waals surface area contributed by atoms with Gasteiger partial charge in [0.05, 0.1) is 25.8 Å². The largest absolute Gasteiger partial charge is 0.497 e. The van der Waals surface area contributed by atoms with Crippen molar-refractivity contribution in [3.8, 4) is 5.75 Å². The molecule has 0 aromatic heterocycles. The fourth-order valence-electron chi connectivity index (χ4n) is 3.26. The molecule has 1 heterocycles. The van der Waals surface area contributed by atoms with E-state index in [0.29, 0.717) is 10.8 Å². The predicted octanol–water partition coefficient (Wildman–Crippen LogP) is 3.55. The van der Waals surface area contributed by atoms with Crippen molar-refractivity contribution in [1.82, 2.24) is 10.2 Å². The predicted molar refractivity (Wildman–Crippen MR) is 102 cm³/mol. The first-order valence-electron chi connectivity index (χ1n) is 8.74. The molecule has 0 saturated carbocycles. The third-order valence-electron chi connectivity index (χ3n) is 4.58. The van der Waals surface area contributed by atoms with Crippen molar-refractivity contribution < 1.29 is 19.0 Å². The number of methoxy groups -OCH3 is 1. The van der Waals surface area contributed by atoms with E-state index in [9.17, 15) is 14.3 Å². The zero-order valence-corrected chi connectivity index (χ0v) is 15.7. The van der Waals surface area contributed by atoms with Gasteiger partial charge in [-0.3, -0.25) is 0 Å². The van der Waals surface area contributed by atoms with E-state index in [1.165, 1.54) is 4.90 Å². The van der Waals surface area contributed by atoms with Crippen molar-refractivity contribution in [2.45, 2.75) is 24.7 Å². The molecule has 7 heteroatoms. The minimum atomic E-state index is -1.24. The van der Waals surface area contributed by atoms with Crippen molar-refractivity contribution in [2.24, 2.45) is 0 Å². The Kier molecular flexibility index (Phi) is 6.19. The van der Waals surface area contributed by atoms with E-state index >= 15 is 0 Å². The molecule has 27 heavy (non-hydrogen) atoms. The highest BCUT2D eigenvalue weighted by Crippen LogP contribution is 2.30. The zero-order valence-electron chi connectivity index (χ0n) is 14.9. The summed E-state index contributed by atoms with van der Waals surface area (Å²) in [4.78, 5) is 14.1. The van der Waals surface area contributed by atoms with Crippen LogP contribution in [0.3, 0.4) is 0 Å². The molecule has 3 atom stereocenters. The summed E-state index contributed by atoms with van der Waals surface area (Å²) in [5.74, 6) is 0.649. The van der Waals surface area contributed by atoms with Gasteiger partial charge in [-0.2, -0.15) is 0 Å². The Balaban J connectivity index is 1.90. The number of benzene rings is 2. The molecule has 2 N–H and O–H groups in total. The first kappa shape index (κ1) is 19.5. The van der Waals surface area contributed by atoms with Crippen molar-refractivity contribution in [2.75, 3.05) is 20.2 Å². The van der Waals surface area contributed by atoms with Crippen LogP contribution in [0.1, 0.15) is 23.6 Å². The summed E-state index contributed by atoms with van der Waals surface area (Å²) >= 11 is 6.36. The number of nitrogens with zero attached hydrogens (tertiary/aromatic N) is 1. The highest BCUT2D eigenvalue weighted by atomic mass is 35.5. The zero-order chi connectivity index (χ0) is 19.4. The third kappa shape index (κ3) is 4.70. The second-order valence-corrected chi connectivity index (χ2v) is 6.98. The minimum Gasteiger partial charge on any atom is -0.497 e. The van der Waals surface area contributed by atoms with Crippen LogP contribution >= 0.6 is 11.6 Å². The van der Waals surface area contributed by atoms with Gasteiger partial charge in [0.15, 0.2) is 0 Å². The molecule has 0 spiro atoms. The summed E-state index contributed by atoms with van der Waals surface area (Å²) < 4.78 is 19.1. The summed E-state index contributed by atoms with van der Waals surface area (Å²) in [5, 5.41) is 13.2. The molecule has 1 unspecified atom stereocenters. The highest BCUT2D eigenvalue weighted by Gasteiger charge is 2.30. The summed E-state index contributed by atoms with van der Waals surface area (Å²) in [7, 11) is 1.57. The number of halogens is 2. The monoisotopic (exact) mass is 392 g/mol. The second kappa shape index (κ2) is 8.59. The molecule has 2 aromatic carbocycles. The molecule has 1 aliphatic rings. The van der Waals surface area contributed by atoms with Crippen LogP contribution in [-0.2, 0) is 0 Å². The average molecular weight is 393 g/mol. The number of aliphatic hydroxyl groups excluding tert-OH is 1. The molecule has 144 valence electrons. The molecule has 5 nitrogen and oxygen atoms in total. The van der Waals surface area contributed by atoms with E-state index in [0.717, 1.165) is 11.1 Å². The number of β-amino-alcohol motifs (C(OH)–C–C–N with tert-alkyl or cyclic N) is 1. The maximum absolute atomic E-state index is 13.8. The highest BCUT2D eigenvalue weighted by molar-refractivity contribution is 6.31. The number of likely N-dealkylation sites (tertiary alicyclic amines) is 1. The Morgan fingerprint density at radius 1 is 1.30 bits per heavy atom. The van der Waals surface area contributed by atoms with Gasteiger partial charge in [-0.1, -0.05) is 41.9 Å². The lowest BCUT2D eigenvalue weighted by Gasteiger charge is -2.34. The van der Waals surface area contributed by atoms with Gasteiger partial charge in [0.25, 0.3) is 0 Å². The van der Waals surface area contributed by atoms with Gasteiger partial charge in [0, 0.05) is 18.0 Å². The summed E-state index contributed by atoms with van der Waals surface area (Å²) in [6.07, 6.45) is -2.06. The maximum Gasteiger partial charge on any atom is 0.318 e. The van der Waals surface area contributed by atoms with E-state index in [1.807, 2.05) is 42.5 Å². The number of carbonyl (C=O) groups is 1. The van der Waals surface area contributed by atoms with Crippen molar-refractivity contribution in [1.29, 1.82) is 0 Å². The molecule has 2 amide bonds. The van der Waals surface area contributed by atoms with Crippen LogP contribution in [-0.4, -0.2) is 48.5 Å². The Bertz CT molecular complexity index is 794. The Labute approximate surface area is 162 Å². The smallest absolute Gasteiger partial charge is 0.318 e. The number of urea groups is 1. The van der Waals surface area contributed by atoms with Gasteiger partial charge < -0.3 is 20.1 Å². The van der Waals surface area contributed by atoms with E-state index in [2.05, 4.69) is 5.32 Å². The fraction of sp³-hybridized carbons (Fsp3) is 0.350. The van der Waals surface area contributed by atoms with Gasteiger partial charge in [0.2, 0.25) is 0 Å². The molecule has 1 fully saturated rings. The van der Waals surface area contributed by atoms with Crippen LogP contribution in [0.15, 0.2) is 48.5 Å². The van der Waals surface area contributed by atoms with Crippen molar-refractivity contribution in [3.05, 3.63) is 64.7 Å². The number of aliphatic hydroxyl groups is 1. The van der Waals surface area contributed by atoms with E-state index < -0.39 is 24.3 Å². The van der Waals surface area contributed by atoms with Gasteiger partial charge in [0.1, 0.15) is 11.9 Å². The third-order valence-corrected chi connectivity index (χ3v) is 4.92. The Morgan fingerprint density at radius 3 is 2.78 bits per heavy atom. The van der Waals surface area contributed by atoms with Gasteiger partial charge >= 0.3 is 6.03 Å². The van der Waals surface area contributed by atoms with Crippen molar-refractivity contribution >= 4 is 17.6 Å². The van der Waals surface area contributed by atoms with Gasteiger partial charge in [-0.15, -0.1) is 0 Å². The molecule has 1 aliphatic heterocycles. The van der Waals surface area contributed by atoms with Gasteiger partial charge in [-0.05, 0) is 29.3 Å². The number of rotatable bonds is 4. The van der Waals surface area contributed by atoms with Gasteiger partial charge in [-0.25, -0.2) is 9.18 Å². The Hall–Kier alpha value is -2.31.